The monoisotopic (exact) mass is 699 g/mol. The number of benzene rings is 4. The van der Waals surface area contributed by atoms with Crippen LogP contribution in [0.4, 0.5) is 5.69 Å². The van der Waals surface area contributed by atoms with E-state index in [-0.39, 0.29) is 45.5 Å². The number of nitrogens with one attached hydrogen (secondary N) is 1. The lowest BCUT2D eigenvalue weighted by atomic mass is 10.0. The highest BCUT2D eigenvalue weighted by Crippen LogP contribution is 2.31. The topological polar surface area (TPSA) is 86.8 Å². The zero-order valence-electron chi connectivity index (χ0n) is 25.8. The van der Waals surface area contributed by atoms with E-state index in [1.807, 2.05) is 51.1 Å². The third-order valence-electron chi connectivity index (χ3n) is 7.59. The number of carbonyl (C=O) groups excluding carboxylic acids is 2. The van der Waals surface area contributed by atoms with E-state index in [0.717, 1.165) is 15.4 Å². The summed E-state index contributed by atoms with van der Waals surface area (Å²) in [5.74, 6) is -0.946. The van der Waals surface area contributed by atoms with Gasteiger partial charge in [0.25, 0.3) is 10.0 Å². The summed E-state index contributed by atoms with van der Waals surface area (Å²) in [5.41, 5.74) is 2.54. The molecule has 0 heterocycles. The van der Waals surface area contributed by atoms with E-state index in [4.69, 9.17) is 34.8 Å². The molecule has 0 aliphatic rings. The molecule has 242 valence electrons. The minimum Gasteiger partial charge on any atom is -0.352 e. The first-order valence-corrected chi connectivity index (χ1v) is 17.4. The van der Waals surface area contributed by atoms with Crippen LogP contribution in [0.15, 0.2) is 102 Å². The number of amides is 2. The van der Waals surface area contributed by atoms with E-state index >= 15 is 0 Å². The molecule has 7 nitrogen and oxygen atoms in total. The fourth-order valence-corrected chi connectivity index (χ4v) is 6.74. The summed E-state index contributed by atoms with van der Waals surface area (Å²) in [6.07, 6.45) is 0.888. The molecule has 0 bridgehead atoms. The van der Waals surface area contributed by atoms with Crippen molar-refractivity contribution in [1.29, 1.82) is 0 Å². The van der Waals surface area contributed by atoms with Crippen LogP contribution in [0.3, 0.4) is 0 Å². The Hall–Kier alpha value is -3.56. The molecule has 0 unspecified atom stereocenters. The number of rotatable bonds is 13. The van der Waals surface area contributed by atoms with Crippen molar-refractivity contribution < 1.29 is 18.0 Å². The summed E-state index contributed by atoms with van der Waals surface area (Å²) in [7, 11) is -4.27. The van der Waals surface area contributed by atoms with Crippen molar-refractivity contribution in [3.8, 4) is 0 Å². The Kier molecular flexibility index (Phi) is 12.1. The molecule has 0 aromatic heterocycles. The highest BCUT2D eigenvalue weighted by atomic mass is 35.5. The molecule has 0 aliphatic carbocycles. The molecule has 4 aromatic rings. The van der Waals surface area contributed by atoms with Crippen molar-refractivity contribution in [3.05, 3.63) is 129 Å². The Morgan fingerprint density at radius 1 is 0.826 bits per heavy atom. The number of hydrogen-bond donors (Lipinski definition) is 1. The van der Waals surface area contributed by atoms with Gasteiger partial charge in [-0.2, -0.15) is 0 Å². The summed E-state index contributed by atoms with van der Waals surface area (Å²) >= 11 is 18.8. The Bertz CT molecular complexity index is 1770. The Balaban J connectivity index is 1.83. The van der Waals surface area contributed by atoms with Crippen molar-refractivity contribution >= 4 is 62.3 Å². The predicted molar refractivity (Wildman–Crippen MR) is 186 cm³/mol. The van der Waals surface area contributed by atoms with Gasteiger partial charge >= 0.3 is 0 Å². The van der Waals surface area contributed by atoms with Crippen molar-refractivity contribution in [2.45, 2.75) is 57.1 Å². The maximum Gasteiger partial charge on any atom is 0.264 e. The molecule has 0 radical (unpaired) electrons. The van der Waals surface area contributed by atoms with Gasteiger partial charge in [0.05, 0.1) is 20.6 Å². The van der Waals surface area contributed by atoms with Gasteiger partial charge in [0.15, 0.2) is 0 Å². The third-order valence-corrected chi connectivity index (χ3v) is 10.4. The SMILES string of the molecule is CC[C@@H](C)NC(=O)[C@H](Cc1ccccc1)N(Cc1cccc(Cl)c1)C(=O)CN(c1ccc(Cl)c(Cl)c1)S(=O)(=O)c1ccc(C)cc1. The first-order valence-electron chi connectivity index (χ1n) is 14.8. The maximum atomic E-state index is 14.5. The van der Waals surface area contributed by atoms with Crippen LogP contribution in [0.25, 0.3) is 0 Å². The maximum absolute atomic E-state index is 14.5. The first kappa shape index (κ1) is 35.3. The summed E-state index contributed by atoms with van der Waals surface area (Å²) in [6.45, 7) is 5.08. The fraction of sp³-hybridized carbons (Fsp3) is 0.257. The molecule has 0 fully saturated rings. The Morgan fingerprint density at radius 3 is 2.13 bits per heavy atom. The average Bonchev–Trinajstić information content (AvgIpc) is 3.03. The van der Waals surface area contributed by atoms with Crippen LogP contribution in [0.5, 0.6) is 0 Å². The number of nitrogens with zero attached hydrogens (tertiary/aromatic N) is 2. The van der Waals surface area contributed by atoms with Gasteiger partial charge in [0.2, 0.25) is 11.8 Å². The largest absolute Gasteiger partial charge is 0.352 e. The second-order valence-corrected chi connectivity index (χ2v) is 14.2. The van der Waals surface area contributed by atoms with Crippen molar-refractivity contribution in [1.82, 2.24) is 10.2 Å². The molecule has 0 aliphatic heterocycles. The van der Waals surface area contributed by atoms with Gasteiger partial charge < -0.3 is 10.2 Å². The van der Waals surface area contributed by atoms with Crippen LogP contribution in [0.2, 0.25) is 15.1 Å². The van der Waals surface area contributed by atoms with Gasteiger partial charge in [-0.05, 0) is 73.9 Å². The van der Waals surface area contributed by atoms with Gasteiger partial charge in [0, 0.05) is 24.0 Å². The molecular formula is C35H36Cl3N3O4S. The lowest BCUT2D eigenvalue weighted by Crippen LogP contribution is -2.54. The minimum atomic E-state index is -4.27. The second-order valence-electron chi connectivity index (χ2n) is 11.1. The van der Waals surface area contributed by atoms with Gasteiger partial charge in [-0.3, -0.25) is 13.9 Å². The van der Waals surface area contributed by atoms with E-state index in [0.29, 0.717) is 17.0 Å². The standard InChI is InChI=1S/C35H36Cl3N3O4S/c1-4-25(3)39-35(43)33(20-26-9-6-5-7-10-26)40(22-27-11-8-12-28(36)19-27)34(42)23-41(29-15-18-31(37)32(38)21-29)46(44,45)30-16-13-24(2)14-17-30/h5-19,21,25,33H,4,20,22-23H2,1-3H3,(H,39,43)/t25-,33+/m1/s1. The van der Waals surface area contributed by atoms with Crippen LogP contribution < -0.4 is 9.62 Å². The fourth-order valence-electron chi connectivity index (χ4n) is 4.83. The molecule has 4 rings (SSSR count). The highest BCUT2D eigenvalue weighted by molar-refractivity contribution is 7.92. The second kappa shape index (κ2) is 15.8. The van der Waals surface area contributed by atoms with E-state index in [9.17, 15) is 18.0 Å². The Labute approximate surface area is 286 Å². The number of halogens is 3. The zero-order valence-corrected chi connectivity index (χ0v) is 28.9. The van der Waals surface area contributed by atoms with E-state index in [1.165, 1.54) is 35.2 Å². The smallest absolute Gasteiger partial charge is 0.264 e. The molecule has 2 amide bonds. The van der Waals surface area contributed by atoms with Gasteiger partial charge in [-0.15, -0.1) is 0 Å². The van der Waals surface area contributed by atoms with Crippen molar-refractivity contribution in [2.24, 2.45) is 0 Å². The zero-order chi connectivity index (χ0) is 33.4. The van der Waals surface area contributed by atoms with E-state index in [1.54, 1.807) is 36.4 Å². The number of hydrogen-bond acceptors (Lipinski definition) is 4. The van der Waals surface area contributed by atoms with Gasteiger partial charge in [0.1, 0.15) is 12.6 Å². The van der Waals surface area contributed by atoms with E-state index < -0.39 is 28.5 Å². The summed E-state index contributed by atoms with van der Waals surface area (Å²) < 4.78 is 29.3. The van der Waals surface area contributed by atoms with Crippen LogP contribution >= 0.6 is 34.8 Å². The molecule has 46 heavy (non-hydrogen) atoms. The van der Waals surface area contributed by atoms with Crippen LogP contribution in [0.1, 0.15) is 37.0 Å². The summed E-state index contributed by atoms with van der Waals surface area (Å²) in [6, 6.07) is 26.0. The third kappa shape index (κ3) is 9.04. The van der Waals surface area contributed by atoms with Crippen LogP contribution in [-0.4, -0.2) is 43.8 Å². The lowest BCUT2D eigenvalue weighted by molar-refractivity contribution is -0.140. The van der Waals surface area contributed by atoms with Crippen LogP contribution in [-0.2, 0) is 32.6 Å². The number of carbonyl (C=O) groups is 2. The molecule has 1 N–H and O–H groups in total. The average molecular weight is 701 g/mol. The van der Waals surface area contributed by atoms with Crippen molar-refractivity contribution in [3.63, 3.8) is 0 Å². The summed E-state index contributed by atoms with van der Waals surface area (Å²) in [4.78, 5) is 29.9. The molecular weight excluding hydrogens is 665 g/mol. The van der Waals surface area contributed by atoms with Gasteiger partial charge in [-0.1, -0.05) is 102 Å². The molecule has 11 heteroatoms. The molecule has 4 aromatic carbocycles. The molecule has 0 saturated carbocycles. The van der Waals surface area contributed by atoms with Gasteiger partial charge in [-0.25, -0.2) is 8.42 Å². The van der Waals surface area contributed by atoms with Crippen LogP contribution in [0, 0.1) is 6.92 Å². The molecule has 0 spiro atoms. The first-order chi connectivity index (χ1) is 21.9. The van der Waals surface area contributed by atoms with E-state index in [2.05, 4.69) is 5.32 Å². The van der Waals surface area contributed by atoms with Crippen molar-refractivity contribution in [2.75, 3.05) is 10.8 Å². The minimum absolute atomic E-state index is 0.00458. The highest BCUT2D eigenvalue weighted by Gasteiger charge is 2.35. The normalized spacial score (nSPS) is 12.7. The number of aryl methyl sites for hydroxylation is 1. The predicted octanol–water partition coefficient (Wildman–Crippen LogP) is 7.71. The molecule has 2 atom stereocenters. The molecule has 0 saturated heterocycles. The quantitative estimate of drug-likeness (QED) is 0.155. The summed E-state index contributed by atoms with van der Waals surface area (Å²) in [5, 5.41) is 3.84. The number of anilines is 1. The number of sulfonamides is 1. The Morgan fingerprint density at radius 2 is 1.50 bits per heavy atom. The lowest BCUT2D eigenvalue weighted by Gasteiger charge is -2.34.